The van der Waals surface area contributed by atoms with Gasteiger partial charge in [-0.3, -0.25) is 14.3 Å². The van der Waals surface area contributed by atoms with E-state index >= 15 is 0 Å². The number of benzene rings is 2. The number of carbonyl (C=O) groups excluding carboxylic acids is 1. The van der Waals surface area contributed by atoms with Gasteiger partial charge in [0.25, 0.3) is 0 Å². The van der Waals surface area contributed by atoms with Gasteiger partial charge >= 0.3 is 0 Å². The molecular formula is C24H27N3O3. The van der Waals surface area contributed by atoms with E-state index in [1.807, 2.05) is 35.2 Å². The molecule has 6 nitrogen and oxygen atoms in total. The Balaban J connectivity index is 1.30. The van der Waals surface area contributed by atoms with Gasteiger partial charge < -0.3 is 9.64 Å². The molecule has 30 heavy (non-hydrogen) atoms. The number of fused-ring (bicyclic) bond motifs is 1. The van der Waals surface area contributed by atoms with E-state index < -0.39 is 0 Å². The van der Waals surface area contributed by atoms with Crippen molar-refractivity contribution in [2.45, 2.75) is 32.2 Å². The maximum atomic E-state index is 12.8. The second-order valence-corrected chi connectivity index (χ2v) is 7.89. The standard InChI is InChI=1S/C24H27N3O3/c1-30-20-10-8-18(9-11-20)6-7-19-12-14-26(15-13-19)24(29)17-27-22-5-3-2-4-21(22)23(28)16-25-27/h2-5,8-11,16,19H,6-7,12-15,17H2,1H3. The number of amides is 1. The van der Waals surface area contributed by atoms with Crippen LogP contribution in [-0.4, -0.2) is 40.8 Å². The molecule has 1 fully saturated rings. The third-order valence-electron chi connectivity index (χ3n) is 6.01. The van der Waals surface area contributed by atoms with Crippen LogP contribution in [0.25, 0.3) is 10.9 Å². The maximum absolute atomic E-state index is 12.8. The number of methoxy groups -OCH3 is 1. The van der Waals surface area contributed by atoms with Crippen molar-refractivity contribution in [3.63, 3.8) is 0 Å². The predicted octanol–water partition coefficient (Wildman–Crippen LogP) is 3.28. The molecule has 3 aromatic rings. The minimum absolute atomic E-state index is 0.0601. The van der Waals surface area contributed by atoms with E-state index in [0.29, 0.717) is 16.8 Å². The highest BCUT2D eigenvalue weighted by Gasteiger charge is 2.23. The lowest BCUT2D eigenvalue weighted by atomic mass is 9.90. The van der Waals surface area contributed by atoms with Crippen LogP contribution in [0.4, 0.5) is 0 Å². The van der Waals surface area contributed by atoms with Crippen LogP contribution in [0.5, 0.6) is 5.75 Å². The Morgan fingerprint density at radius 2 is 1.83 bits per heavy atom. The summed E-state index contributed by atoms with van der Waals surface area (Å²) in [7, 11) is 1.68. The molecule has 0 spiro atoms. The van der Waals surface area contributed by atoms with Gasteiger partial charge in [-0.1, -0.05) is 24.3 Å². The van der Waals surface area contributed by atoms with Gasteiger partial charge in [-0.05, 0) is 61.4 Å². The van der Waals surface area contributed by atoms with Crippen LogP contribution in [0.15, 0.2) is 59.5 Å². The van der Waals surface area contributed by atoms with E-state index in [2.05, 4.69) is 17.2 Å². The summed E-state index contributed by atoms with van der Waals surface area (Å²) in [5.74, 6) is 1.59. The third-order valence-corrected chi connectivity index (χ3v) is 6.01. The first-order chi connectivity index (χ1) is 14.6. The Kier molecular flexibility index (Phi) is 6.12. The summed E-state index contributed by atoms with van der Waals surface area (Å²) < 4.78 is 6.84. The van der Waals surface area contributed by atoms with E-state index in [0.717, 1.165) is 44.5 Å². The SMILES string of the molecule is COc1ccc(CCC2CCN(C(=O)Cn3ncc(=O)c4ccccc43)CC2)cc1. The zero-order chi connectivity index (χ0) is 20.9. The number of rotatable bonds is 6. The van der Waals surface area contributed by atoms with Gasteiger partial charge in [0, 0.05) is 18.5 Å². The van der Waals surface area contributed by atoms with Crippen LogP contribution >= 0.6 is 0 Å². The number of piperidine rings is 1. The van der Waals surface area contributed by atoms with Gasteiger partial charge in [-0.2, -0.15) is 5.10 Å². The number of carbonyl (C=O) groups is 1. The topological polar surface area (TPSA) is 64.4 Å². The number of aromatic nitrogens is 2. The fourth-order valence-corrected chi connectivity index (χ4v) is 4.15. The van der Waals surface area contributed by atoms with Crippen LogP contribution in [-0.2, 0) is 17.8 Å². The van der Waals surface area contributed by atoms with Crippen LogP contribution in [0, 0.1) is 5.92 Å². The van der Waals surface area contributed by atoms with E-state index in [4.69, 9.17) is 4.74 Å². The van der Waals surface area contributed by atoms with Crippen molar-refractivity contribution in [1.82, 2.24) is 14.7 Å². The molecule has 156 valence electrons. The smallest absolute Gasteiger partial charge is 0.244 e. The first kappa shape index (κ1) is 20.1. The van der Waals surface area contributed by atoms with Crippen LogP contribution in [0.3, 0.4) is 0 Å². The molecule has 0 N–H and O–H groups in total. The number of hydrogen-bond donors (Lipinski definition) is 0. The Hall–Kier alpha value is -3.15. The lowest BCUT2D eigenvalue weighted by Crippen LogP contribution is -2.40. The van der Waals surface area contributed by atoms with Crippen molar-refractivity contribution in [1.29, 1.82) is 0 Å². The zero-order valence-corrected chi connectivity index (χ0v) is 17.3. The van der Waals surface area contributed by atoms with Crippen molar-refractivity contribution in [2.75, 3.05) is 20.2 Å². The number of aryl methyl sites for hydroxylation is 1. The summed E-state index contributed by atoms with van der Waals surface area (Å²) in [5, 5.41) is 4.77. The highest BCUT2D eigenvalue weighted by molar-refractivity contribution is 5.81. The van der Waals surface area contributed by atoms with Crippen molar-refractivity contribution >= 4 is 16.8 Å². The van der Waals surface area contributed by atoms with Gasteiger partial charge in [0.05, 0.1) is 18.8 Å². The second-order valence-electron chi connectivity index (χ2n) is 7.89. The molecule has 0 bridgehead atoms. The van der Waals surface area contributed by atoms with E-state index in [-0.39, 0.29) is 17.9 Å². The monoisotopic (exact) mass is 405 g/mol. The lowest BCUT2D eigenvalue weighted by molar-refractivity contribution is -0.133. The lowest BCUT2D eigenvalue weighted by Gasteiger charge is -2.32. The quantitative estimate of drug-likeness (QED) is 0.631. The van der Waals surface area contributed by atoms with Gasteiger partial charge in [0.1, 0.15) is 12.3 Å². The van der Waals surface area contributed by atoms with E-state index in [1.54, 1.807) is 17.9 Å². The van der Waals surface area contributed by atoms with Crippen molar-refractivity contribution in [3.8, 4) is 5.75 Å². The summed E-state index contributed by atoms with van der Waals surface area (Å²) in [5.41, 5.74) is 1.91. The summed E-state index contributed by atoms with van der Waals surface area (Å²) in [6.07, 6.45) is 5.54. The molecule has 4 rings (SSSR count). The number of nitrogens with zero attached hydrogens (tertiary/aromatic N) is 3. The number of hydrogen-bond acceptors (Lipinski definition) is 4. The Morgan fingerprint density at radius 1 is 1.10 bits per heavy atom. The van der Waals surface area contributed by atoms with Gasteiger partial charge in [0.2, 0.25) is 11.3 Å². The zero-order valence-electron chi connectivity index (χ0n) is 17.3. The molecule has 0 saturated carbocycles. The molecule has 1 aliphatic rings. The van der Waals surface area contributed by atoms with Crippen LogP contribution < -0.4 is 10.2 Å². The third kappa shape index (κ3) is 4.53. The predicted molar refractivity (Wildman–Crippen MR) is 117 cm³/mol. The average Bonchev–Trinajstić information content (AvgIpc) is 2.80. The van der Waals surface area contributed by atoms with Crippen molar-refractivity contribution in [3.05, 3.63) is 70.5 Å². The first-order valence-electron chi connectivity index (χ1n) is 10.5. The molecule has 1 amide bonds. The average molecular weight is 405 g/mol. The minimum atomic E-state index is -0.119. The molecule has 2 aromatic carbocycles. The number of likely N-dealkylation sites (tertiary alicyclic amines) is 1. The summed E-state index contributed by atoms with van der Waals surface area (Å²) >= 11 is 0. The van der Waals surface area contributed by atoms with Crippen LogP contribution in [0.1, 0.15) is 24.8 Å². The highest BCUT2D eigenvalue weighted by Crippen LogP contribution is 2.23. The Morgan fingerprint density at radius 3 is 2.57 bits per heavy atom. The summed E-state index contributed by atoms with van der Waals surface area (Å²) in [6.45, 7) is 1.73. The second kappa shape index (κ2) is 9.11. The molecule has 2 heterocycles. The first-order valence-corrected chi connectivity index (χ1v) is 10.5. The molecule has 0 aliphatic carbocycles. The van der Waals surface area contributed by atoms with E-state index in [9.17, 15) is 9.59 Å². The van der Waals surface area contributed by atoms with Gasteiger partial charge in [0.15, 0.2) is 0 Å². The Bertz CT molecular complexity index is 1070. The fraction of sp³-hybridized carbons (Fsp3) is 0.375. The molecule has 1 aliphatic heterocycles. The van der Waals surface area contributed by atoms with Crippen molar-refractivity contribution in [2.24, 2.45) is 5.92 Å². The van der Waals surface area contributed by atoms with Crippen molar-refractivity contribution < 1.29 is 9.53 Å². The van der Waals surface area contributed by atoms with Gasteiger partial charge in [-0.15, -0.1) is 0 Å². The highest BCUT2D eigenvalue weighted by atomic mass is 16.5. The number of para-hydroxylation sites is 1. The molecule has 1 aromatic heterocycles. The normalized spacial score (nSPS) is 14.8. The molecule has 6 heteroatoms. The summed E-state index contributed by atoms with van der Waals surface area (Å²) in [6, 6.07) is 15.6. The van der Waals surface area contributed by atoms with Crippen LogP contribution in [0.2, 0.25) is 0 Å². The largest absolute Gasteiger partial charge is 0.497 e. The maximum Gasteiger partial charge on any atom is 0.244 e. The fourth-order valence-electron chi connectivity index (χ4n) is 4.15. The molecule has 1 saturated heterocycles. The molecule has 0 atom stereocenters. The molecule has 0 radical (unpaired) electrons. The minimum Gasteiger partial charge on any atom is -0.497 e. The Labute approximate surface area is 176 Å². The van der Waals surface area contributed by atoms with Gasteiger partial charge in [-0.25, -0.2) is 0 Å². The summed E-state index contributed by atoms with van der Waals surface area (Å²) in [4.78, 5) is 26.7. The molecule has 0 unspecified atom stereocenters. The molecular weight excluding hydrogens is 378 g/mol. The number of ether oxygens (including phenoxy) is 1. The van der Waals surface area contributed by atoms with E-state index in [1.165, 1.54) is 11.8 Å².